The Hall–Kier alpha value is -0.680. The van der Waals surface area contributed by atoms with Crippen LogP contribution in [0, 0.1) is 5.92 Å². The zero-order chi connectivity index (χ0) is 13.7. The fourth-order valence-corrected chi connectivity index (χ4v) is 2.27. The molecule has 1 aliphatic carbocycles. The number of thiocarbonyl (C=S) groups is 1. The second kappa shape index (κ2) is 7.04. The molecule has 1 fully saturated rings. The molecule has 0 aromatic carbocycles. The maximum Gasteiger partial charge on any atom is 0.229 e. The van der Waals surface area contributed by atoms with E-state index >= 15 is 0 Å². The number of nitrogens with two attached hydrogens (primary N) is 1. The average Bonchev–Trinajstić information content (AvgIpc) is 3.15. The summed E-state index contributed by atoms with van der Waals surface area (Å²) in [6, 6.07) is 1.06. The molecule has 0 aliphatic heterocycles. The van der Waals surface area contributed by atoms with Gasteiger partial charge in [0.1, 0.15) is 0 Å². The summed E-state index contributed by atoms with van der Waals surface area (Å²) in [7, 11) is 2.12. The molecule has 3 N–H and O–H groups in total. The Bertz CT molecular complexity index is 305. The summed E-state index contributed by atoms with van der Waals surface area (Å²) in [5.41, 5.74) is 5.61. The zero-order valence-electron chi connectivity index (χ0n) is 11.6. The predicted octanol–water partition coefficient (Wildman–Crippen LogP) is 1.29. The van der Waals surface area contributed by atoms with Gasteiger partial charge in [0, 0.05) is 18.6 Å². The van der Waals surface area contributed by atoms with Crippen LogP contribution in [0.5, 0.6) is 0 Å². The van der Waals surface area contributed by atoms with Crippen LogP contribution >= 0.6 is 12.2 Å². The van der Waals surface area contributed by atoms with E-state index in [0.29, 0.717) is 23.6 Å². The van der Waals surface area contributed by atoms with Crippen LogP contribution in [-0.4, -0.2) is 41.5 Å². The smallest absolute Gasteiger partial charge is 0.229 e. The van der Waals surface area contributed by atoms with Gasteiger partial charge < -0.3 is 11.1 Å². The minimum absolute atomic E-state index is 0.0274. The lowest BCUT2D eigenvalue weighted by Gasteiger charge is -2.25. The third kappa shape index (κ3) is 4.53. The van der Waals surface area contributed by atoms with Crippen molar-refractivity contribution in [3.63, 3.8) is 0 Å². The van der Waals surface area contributed by atoms with E-state index in [2.05, 4.69) is 24.2 Å². The molecule has 0 spiro atoms. The number of carbonyl (C=O) groups is 1. The Balaban J connectivity index is 2.35. The lowest BCUT2D eigenvalue weighted by Crippen LogP contribution is -2.45. The first kappa shape index (κ1) is 15.4. The van der Waals surface area contributed by atoms with Crippen molar-refractivity contribution in [3.8, 4) is 0 Å². The molecule has 2 unspecified atom stereocenters. The quantitative estimate of drug-likeness (QED) is 0.653. The summed E-state index contributed by atoms with van der Waals surface area (Å²) in [4.78, 5) is 14.6. The number of carbonyl (C=O) groups excluding carboxylic acids is 1. The Morgan fingerprint density at radius 2 is 2.17 bits per heavy atom. The molecule has 104 valence electrons. The van der Waals surface area contributed by atoms with Crippen molar-refractivity contribution in [3.05, 3.63) is 0 Å². The second-order valence-electron chi connectivity index (χ2n) is 5.23. The Morgan fingerprint density at radius 3 is 2.61 bits per heavy atom. The number of amides is 1. The van der Waals surface area contributed by atoms with Gasteiger partial charge in [0.15, 0.2) is 0 Å². The first-order valence-corrected chi connectivity index (χ1v) is 7.17. The maximum absolute atomic E-state index is 12.0. The van der Waals surface area contributed by atoms with Crippen molar-refractivity contribution in [1.82, 2.24) is 10.2 Å². The van der Waals surface area contributed by atoms with Gasteiger partial charge in [0.2, 0.25) is 5.91 Å². The van der Waals surface area contributed by atoms with Gasteiger partial charge in [0.25, 0.3) is 0 Å². The first-order valence-electron chi connectivity index (χ1n) is 6.76. The van der Waals surface area contributed by atoms with E-state index in [4.69, 9.17) is 18.0 Å². The van der Waals surface area contributed by atoms with Crippen LogP contribution in [0.2, 0.25) is 0 Å². The van der Waals surface area contributed by atoms with E-state index in [1.807, 2.05) is 6.92 Å². The van der Waals surface area contributed by atoms with Crippen molar-refractivity contribution in [2.75, 3.05) is 13.6 Å². The third-order valence-electron chi connectivity index (χ3n) is 3.63. The van der Waals surface area contributed by atoms with Gasteiger partial charge in [-0.1, -0.05) is 25.6 Å². The van der Waals surface area contributed by atoms with Crippen molar-refractivity contribution >= 4 is 23.1 Å². The molecule has 18 heavy (non-hydrogen) atoms. The molecule has 5 heteroatoms. The van der Waals surface area contributed by atoms with Crippen molar-refractivity contribution in [2.24, 2.45) is 11.7 Å². The molecule has 1 amide bonds. The largest absolute Gasteiger partial charge is 0.393 e. The van der Waals surface area contributed by atoms with Gasteiger partial charge in [-0.25, -0.2) is 0 Å². The third-order valence-corrected chi connectivity index (χ3v) is 3.91. The summed E-state index contributed by atoms with van der Waals surface area (Å²) < 4.78 is 0. The van der Waals surface area contributed by atoms with Crippen molar-refractivity contribution in [1.29, 1.82) is 0 Å². The van der Waals surface area contributed by atoms with E-state index in [-0.39, 0.29) is 11.8 Å². The van der Waals surface area contributed by atoms with Crippen LogP contribution in [0.15, 0.2) is 0 Å². The maximum atomic E-state index is 12.0. The molecule has 2 atom stereocenters. The molecule has 1 saturated carbocycles. The normalized spacial score (nSPS) is 18.4. The molecule has 0 bridgehead atoms. The number of nitrogens with zero attached hydrogens (tertiary/aromatic N) is 1. The lowest BCUT2D eigenvalue weighted by atomic mass is 10.0. The molecule has 1 aliphatic rings. The molecule has 0 heterocycles. The molecular weight excluding hydrogens is 246 g/mol. The van der Waals surface area contributed by atoms with Gasteiger partial charge in [0.05, 0.1) is 10.9 Å². The first-order chi connectivity index (χ1) is 8.47. The molecule has 0 radical (unpaired) electrons. The summed E-state index contributed by atoms with van der Waals surface area (Å²) in [5.74, 6) is -0.344. The van der Waals surface area contributed by atoms with E-state index in [1.54, 1.807) is 0 Å². The lowest BCUT2D eigenvalue weighted by molar-refractivity contribution is -0.123. The molecule has 0 aromatic rings. The Morgan fingerprint density at radius 1 is 1.56 bits per heavy atom. The molecule has 1 rings (SSSR count). The molecule has 4 nitrogen and oxygen atoms in total. The van der Waals surface area contributed by atoms with Crippen LogP contribution in [0.4, 0.5) is 0 Å². The standard InChI is InChI=1S/C13H25N3OS/c1-4-5-11(12(14)18)13(17)15-8-9(2)16(3)10-6-7-10/h9-11H,4-8H2,1-3H3,(H2,14,18)(H,15,17). The molecular formula is C13H25N3OS. The monoisotopic (exact) mass is 271 g/mol. The summed E-state index contributed by atoms with van der Waals surface area (Å²) in [6.07, 6.45) is 4.20. The molecule has 0 saturated heterocycles. The van der Waals surface area contributed by atoms with Gasteiger partial charge in [-0.3, -0.25) is 9.69 Å². The summed E-state index contributed by atoms with van der Waals surface area (Å²) in [5, 5.41) is 2.96. The summed E-state index contributed by atoms with van der Waals surface area (Å²) in [6.45, 7) is 4.82. The number of hydrogen-bond donors (Lipinski definition) is 2. The van der Waals surface area contributed by atoms with Crippen LogP contribution in [0.3, 0.4) is 0 Å². The number of nitrogens with one attached hydrogen (secondary N) is 1. The highest BCUT2D eigenvalue weighted by atomic mass is 32.1. The fraction of sp³-hybridized carbons (Fsp3) is 0.846. The van der Waals surface area contributed by atoms with E-state index in [1.165, 1.54) is 12.8 Å². The topological polar surface area (TPSA) is 58.4 Å². The minimum Gasteiger partial charge on any atom is -0.393 e. The average molecular weight is 271 g/mol. The highest BCUT2D eigenvalue weighted by molar-refractivity contribution is 7.80. The minimum atomic E-state index is -0.316. The second-order valence-corrected chi connectivity index (χ2v) is 5.71. The number of likely N-dealkylation sites (N-methyl/N-ethyl adjacent to an activating group) is 1. The number of hydrogen-bond acceptors (Lipinski definition) is 3. The van der Waals surface area contributed by atoms with Gasteiger partial charge in [-0.15, -0.1) is 0 Å². The summed E-state index contributed by atoms with van der Waals surface area (Å²) >= 11 is 4.95. The van der Waals surface area contributed by atoms with Crippen molar-refractivity contribution < 1.29 is 4.79 Å². The van der Waals surface area contributed by atoms with Gasteiger partial charge >= 0.3 is 0 Å². The zero-order valence-corrected chi connectivity index (χ0v) is 12.4. The SMILES string of the molecule is CCCC(C(=O)NCC(C)N(C)C1CC1)C(N)=S. The van der Waals surface area contributed by atoms with E-state index in [0.717, 1.165) is 12.8 Å². The predicted molar refractivity (Wildman–Crippen MR) is 78.4 cm³/mol. The van der Waals surface area contributed by atoms with Crippen LogP contribution in [0.25, 0.3) is 0 Å². The Labute approximate surface area is 115 Å². The van der Waals surface area contributed by atoms with Crippen LogP contribution < -0.4 is 11.1 Å². The van der Waals surface area contributed by atoms with E-state index < -0.39 is 0 Å². The fourth-order valence-electron chi connectivity index (χ4n) is 2.05. The van der Waals surface area contributed by atoms with Crippen molar-refractivity contribution in [2.45, 2.75) is 51.6 Å². The van der Waals surface area contributed by atoms with Crippen LogP contribution in [0.1, 0.15) is 39.5 Å². The van der Waals surface area contributed by atoms with E-state index in [9.17, 15) is 4.79 Å². The van der Waals surface area contributed by atoms with Gasteiger partial charge in [-0.05, 0) is 33.2 Å². The van der Waals surface area contributed by atoms with Gasteiger partial charge in [-0.2, -0.15) is 0 Å². The number of rotatable bonds is 8. The van der Waals surface area contributed by atoms with Crippen LogP contribution in [-0.2, 0) is 4.79 Å². The Kier molecular flexibility index (Phi) is 6.02. The highest BCUT2D eigenvalue weighted by Crippen LogP contribution is 2.26. The highest BCUT2D eigenvalue weighted by Gasteiger charge is 2.29. The molecule has 0 aromatic heterocycles.